The van der Waals surface area contributed by atoms with Gasteiger partial charge in [0.15, 0.2) is 17.5 Å². The zero-order valence-corrected chi connectivity index (χ0v) is 29.6. The van der Waals surface area contributed by atoms with Crippen LogP contribution in [0.25, 0.3) is 17.8 Å². The fourth-order valence-corrected chi connectivity index (χ4v) is 6.46. The van der Waals surface area contributed by atoms with Crippen LogP contribution in [0.4, 0.5) is 15.7 Å². The maximum absolute atomic E-state index is 13.9. The average molecular weight is 708 g/mol. The van der Waals surface area contributed by atoms with Gasteiger partial charge < -0.3 is 25.2 Å². The lowest BCUT2D eigenvalue weighted by Gasteiger charge is -2.34. The Bertz CT molecular complexity index is 1930. The summed E-state index contributed by atoms with van der Waals surface area (Å²) in [6.45, 7) is 8.23. The van der Waals surface area contributed by atoms with Gasteiger partial charge in [0, 0.05) is 42.1 Å². The minimum Gasteiger partial charge on any atom is -0.444 e. The lowest BCUT2D eigenvalue weighted by molar-refractivity contribution is -0.882. The van der Waals surface area contributed by atoms with Crippen LogP contribution >= 0.6 is 11.3 Å². The summed E-state index contributed by atoms with van der Waals surface area (Å²) >= 11 is 1.34. The van der Waals surface area contributed by atoms with Gasteiger partial charge in [0.25, 0.3) is 17.4 Å². The van der Waals surface area contributed by atoms with E-state index in [0.29, 0.717) is 66.4 Å². The molecule has 1 saturated heterocycles. The molecule has 5 heterocycles. The number of aromatic nitrogens is 7. The molecule has 4 aromatic heterocycles. The highest BCUT2D eigenvalue weighted by atomic mass is 32.1. The second kappa shape index (κ2) is 15.1. The number of tetrazole rings is 1. The molecule has 1 atom stereocenters. The van der Waals surface area contributed by atoms with E-state index in [1.54, 1.807) is 24.3 Å². The Balaban J connectivity index is 1.35. The fraction of sp³-hybridized carbons (Fsp3) is 0.469. The van der Waals surface area contributed by atoms with Crippen LogP contribution in [0.3, 0.4) is 0 Å². The van der Waals surface area contributed by atoms with Crippen LogP contribution in [0, 0.1) is 0 Å². The number of likely N-dealkylation sites (N-methyl/N-ethyl adjacent to an activating group) is 1. The highest BCUT2D eigenvalue weighted by Gasteiger charge is 2.27. The largest absolute Gasteiger partial charge is 0.444 e. The number of carbonyl (C=O) groups is 3. The van der Waals surface area contributed by atoms with Crippen LogP contribution in [0.5, 0.6) is 0 Å². The summed E-state index contributed by atoms with van der Waals surface area (Å²) in [5.74, 6) is -0.122. The van der Waals surface area contributed by atoms with Crippen LogP contribution in [0.15, 0.2) is 28.5 Å². The number of thiazole rings is 1. The quantitative estimate of drug-likeness (QED) is 0.123. The van der Waals surface area contributed by atoms with Gasteiger partial charge in [-0.05, 0) is 42.3 Å². The molecule has 266 valence electrons. The van der Waals surface area contributed by atoms with E-state index in [-0.39, 0.29) is 46.4 Å². The number of quaternary nitrogens is 1. The van der Waals surface area contributed by atoms with Crippen molar-refractivity contribution in [2.75, 3.05) is 57.0 Å². The minimum atomic E-state index is -0.550. The van der Waals surface area contributed by atoms with Gasteiger partial charge in [-0.2, -0.15) is 5.21 Å². The molecule has 5 rings (SSSR count). The number of amides is 3. The van der Waals surface area contributed by atoms with E-state index < -0.39 is 12.2 Å². The lowest BCUT2D eigenvalue weighted by Crippen LogP contribution is -2.47. The van der Waals surface area contributed by atoms with Crippen molar-refractivity contribution in [3.63, 3.8) is 0 Å². The van der Waals surface area contributed by atoms with Crippen LogP contribution in [0.1, 0.15) is 67.5 Å². The van der Waals surface area contributed by atoms with Crippen molar-refractivity contribution >= 4 is 58.0 Å². The molecule has 18 heteroatoms. The Morgan fingerprint density at radius 1 is 1.22 bits per heavy atom. The SMILES string of the molecule is CC(C)(C)c1csc(NC(=O)c2ccn3c(=O)c(C=Cc4nn[nH]n4)c(N4CCC[C@@H](OC(=O)NCCC[N+](C)(C)CC(N)=O)C4)nc3c2)n1. The number of primary amides is 1. The first kappa shape index (κ1) is 36.1. The molecular weight excluding hydrogens is 664 g/mol. The van der Waals surface area contributed by atoms with Gasteiger partial charge in [-0.25, -0.2) is 14.8 Å². The molecule has 1 fully saturated rings. The second-order valence-corrected chi connectivity index (χ2v) is 14.7. The van der Waals surface area contributed by atoms with Gasteiger partial charge in [-0.15, -0.1) is 21.5 Å². The maximum Gasteiger partial charge on any atom is 0.407 e. The molecule has 0 aliphatic carbocycles. The molecule has 0 bridgehead atoms. The highest BCUT2D eigenvalue weighted by molar-refractivity contribution is 7.14. The maximum atomic E-state index is 13.9. The molecule has 0 radical (unpaired) electrons. The lowest BCUT2D eigenvalue weighted by atomic mass is 9.93. The number of alkyl carbamates (subject to hydrolysis) is 1. The Morgan fingerprint density at radius 2 is 2.02 bits per heavy atom. The van der Waals surface area contributed by atoms with Gasteiger partial charge in [0.2, 0.25) is 0 Å². The monoisotopic (exact) mass is 707 g/mol. The molecule has 5 N–H and O–H groups in total. The number of rotatable bonds is 12. The zero-order valence-electron chi connectivity index (χ0n) is 28.8. The Hall–Kier alpha value is -5.23. The van der Waals surface area contributed by atoms with Gasteiger partial charge in [-0.3, -0.25) is 24.1 Å². The van der Waals surface area contributed by atoms with Crippen LogP contribution < -0.4 is 26.8 Å². The van der Waals surface area contributed by atoms with Crippen molar-refractivity contribution in [2.24, 2.45) is 5.73 Å². The van der Waals surface area contributed by atoms with Crippen molar-refractivity contribution in [1.82, 2.24) is 40.3 Å². The molecular formula is C32H43N12O5S+. The number of ether oxygens (including phenoxy) is 1. The number of fused-ring (bicyclic) bond motifs is 1. The number of H-pyrrole nitrogens is 1. The molecule has 3 amide bonds. The van der Waals surface area contributed by atoms with E-state index in [1.165, 1.54) is 21.9 Å². The first-order valence-electron chi connectivity index (χ1n) is 16.2. The number of nitrogens with two attached hydrogens (primary N) is 1. The van der Waals surface area contributed by atoms with Gasteiger partial charge in [0.05, 0.1) is 38.4 Å². The van der Waals surface area contributed by atoms with E-state index in [4.69, 9.17) is 15.5 Å². The molecule has 0 unspecified atom stereocenters. The van der Waals surface area contributed by atoms with Crippen molar-refractivity contribution < 1.29 is 23.6 Å². The van der Waals surface area contributed by atoms with Crippen LogP contribution in [-0.4, -0.2) is 110 Å². The summed E-state index contributed by atoms with van der Waals surface area (Å²) in [6, 6.07) is 3.11. The topological polar surface area (TPSA) is 215 Å². The molecule has 0 saturated carbocycles. The third-order valence-electron chi connectivity index (χ3n) is 8.11. The molecule has 1 aliphatic heterocycles. The number of piperidine rings is 1. The summed E-state index contributed by atoms with van der Waals surface area (Å²) in [6.07, 6.45) is 5.57. The van der Waals surface area contributed by atoms with E-state index in [2.05, 4.69) is 36.2 Å². The summed E-state index contributed by atoms with van der Waals surface area (Å²) in [5, 5.41) is 21.8. The first-order valence-corrected chi connectivity index (χ1v) is 17.1. The number of nitrogens with one attached hydrogen (secondary N) is 3. The predicted molar refractivity (Wildman–Crippen MR) is 189 cm³/mol. The van der Waals surface area contributed by atoms with Crippen molar-refractivity contribution in [2.45, 2.75) is 51.6 Å². The fourth-order valence-electron chi connectivity index (χ4n) is 5.53. The van der Waals surface area contributed by atoms with Crippen molar-refractivity contribution in [3.8, 4) is 0 Å². The predicted octanol–water partition coefficient (Wildman–Crippen LogP) is 2.03. The molecule has 4 aromatic rings. The van der Waals surface area contributed by atoms with Gasteiger partial charge in [0.1, 0.15) is 17.6 Å². The molecule has 17 nitrogen and oxygen atoms in total. The summed E-state index contributed by atoms with van der Waals surface area (Å²) < 4.78 is 7.54. The zero-order chi connectivity index (χ0) is 36.1. The minimum absolute atomic E-state index is 0.160. The van der Waals surface area contributed by atoms with Crippen LogP contribution in [-0.2, 0) is 14.9 Å². The number of pyridine rings is 1. The van der Waals surface area contributed by atoms with Gasteiger partial charge in [-0.1, -0.05) is 20.8 Å². The number of nitrogens with zero attached hydrogens (tertiary/aromatic N) is 8. The third-order valence-corrected chi connectivity index (χ3v) is 8.86. The van der Waals surface area contributed by atoms with E-state index in [9.17, 15) is 19.2 Å². The van der Waals surface area contributed by atoms with Crippen LogP contribution in [0.2, 0.25) is 0 Å². The Morgan fingerprint density at radius 3 is 2.72 bits per heavy atom. The highest BCUT2D eigenvalue weighted by Crippen LogP contribution is 2.27. The van der Waals surface area contributed by atoms with Crippen molar-refractivity contribution in [3.05, 3.63) is 56.7 Å². The molecule has 0 spiro atoms. The summed E-state index contributed by atoms with van der Waals surface area (Å²) in [5.41, 5.74) is 6.51. The van der Waals surface area contributed by atoms with E-state index in [1.807, 2.05) is 45.1 Å². The number of hydrogen-bond donors (Lipinski definition) is 4. The van der Waals surface area contributed by atoms with E-state index in [0.717, 1.165) is 5.69 Å². The molecule has 1 aliphatic rings. The third kappa shape index (κ3) is 9.26. The normalized spacial score (nSPS) is 15.4. The standard InChI is InChI=1S/C32H42N12O5S/c1-32(2,3)23-19-50-30(35-23)37-28(46)20-11-14-43-26(16-20)36-27(22(29(43)47)9-10-25-38-40-41-39-25)42-13-6-8-21(17-42)49-31(48)34-12-7-15-44(4,5)18-24(33)45/h9-11,14,16,19,21H,6-8,12-13,15,17-18H2,1-5H3,(H4-,33,34,35,37,38,39,40,41,45,46,48)/p+1/t21-/m1/s1. The Labute approximate surface area is 292 Å². The van der Waals surface area contributed by atoms with E-state index >= 15 is 0 Å². The molecule has 50 heavy (non-hydrogen) atoms. The number of hydrogen-bond acceptors (Lipinski definition) is 12. The molecule has 0 aromatic carbocycles. The summed E-state index contributed by atoms with van der Waals surface area (Å²) in [4.78, 5) is 62.4. The second-order valence-electron chi connectivity index (χ2n) is 13.8. The Kier molecular flexibility index (Phi) is 10.9. The number of aromatic amines is 1. The number of carbonyl (C=O) groups excluding carboxylic acids is 3. The average Bonchev–Trinajstić information content (AvgIpc) is 3.75. The first-order chi connectivity index (χ1) is 23.7. The summed E-state index contributed by atoms with van der Waals surface area (Å²) in [7, 11) is 3.80. The smallest absolute Gasteiger partial charge is 0.407 e. The van der Waals surface area contributed by atoms with Gasteiger partial charge >= 0.3 is 6.09 Å². The van der Waals surface area contributed by atoms with Crippen molar-refractivity contribution in [1.29, 1.82) is 0 Å². The number of anilines is 2.